The summed E-state index contributed by atoms with van der Waals surface area (Å²) < 4.78 is 5.64. The van der Waals surface area contributed by atoms with Crippen LogP contribution < -0.4 is 10.1 Å². The van der Waals surface area contributed by atoms with E-state index in [2.05, 4.69) is 5.32 Å². The van der Waals surface area contributed by atoms with Crippen LogP contribution in [0.25, 0.3) is 0 Å². The van der Waals surface area contributed by atoms with E-state index in [4.69, 9.17) is 4.74 Å². The van der Waals surface area contributed by atoms with E-state index in [1.165, 1.54) is 0 Å². The van der Waals surface area contributed by atoms with E-state index in [-0.39, 0.29) is 5.91 Å². The molecule has 0 aliphatic rings. The van der Waals surface area contributed by atoms with Crippen LogP contribution in [0.1, 0.15) is 12.5 Å². The fraction of sp³-hybridized carbons (Fsp3) is 0.316. The third-order valence-electron chi connectivity index (χ3n) is 3.51. The topological polar surface area (TPSA) is 41.6 Å². The Morgan fingerprint density at radius 2 is 1.88 bits per heavy atom. The van der Waals surface area contributed by atoms with Crippen LogP contribution in [0.15, 0.2) is 53.4 Å². The molecule has 2 aromatic carbocycles. The van der Waals surface area contributed by atoms with E-state index in [9.17, 15) is 4.79 Å². The van der Waals surface area contributed by atoms with Crippen molar-refractivity contribution < 1.29 is 9.53 Å². The standard InChI is InChI=1S/C19H24N2O2S/c1-4-23-17-11-7-5-9-15(17)13-21(2)14-19(22)20-16-10-6-8-12-18(16)24-3/h5-12H,4,13-14H2,1-3H3,(H,20,22). The van der Waals surface area contributed by atoms with Gasteiger partial charge in [-0.3, -0.25) is 9.69 Å². The lowest BCUT2D eigenvalue weighted by molar-refractivity contribution is -0.117. The molecule has 0 bridgehead atoms. The molecule has 0 aliphatic heterocycles. The minimum atomic E-state index is -0.0205. The maximum absolute atomic E-state index is 12.3. The van der Waals surface area contributed by atoms with Crippen LogP contribution in [0.2, 0.25) is 0 Å². The maximum Gasteiger partial charge on any atom is 0.238 e. The highest BCUT2D eigenvalue weighted by atomic mass is 32.2. The lowest BCUT2D eigenvalue weighted by Gasteiger charge is -2.19. The second-order valence-corrected chi connectivity index (χ2v) is 6.31. The molecule has 0 unspecified atom stereocenters. The molecule has 0 saturated heterocycles. The van der Waals surface area contributed by atoms with E-state index in [0.717, 1.165) is 21.9 Å². The van der Waals surface area contributed by atoms with Gasteiger partial charge in [-0.2, -0.15) is 0 Å². The summed E-state index contributed by atoms with van der Waals surface area (Å²) in [5.74, 6) is 0.855. The summed E-state index contributed by atoms with van der Waals surface area (Å²) in [6.45, 7) is 3.58. The number of anilines is 1. The number of para-hydroxylation sites is 2. The highest BCUT2D eigenvalue weighted by molar-refractivity contribution is 7.98. The quantitative estimate of drug-likeness (QED) is 0.738. The van der Waals surface area contributed by atoms with E-state index in [1.54, 1.807) is 11.8 Å². The van der Waals surface area contributed by atoms with Crippen LogP contribution in [0.3, 0.4) is 0 Å². The number of carbonyl (C=O) groups excluding carboxylic acids is 1. The van der Waals surface area contributed by atoms with Gasteiger partial charge in [0.2, 0.25) is 5.91 Å². The molecule has 0 aliphatic carbocycles. The summed E-state index contributed by atoms with van der Waals surface area (Å²) in [5.41, 5.74) is 1.94. The number of rotatable bonds is 8. The van der Waals surface area contributed by atoms with Crippen molar-refractivity contribution in [3.63, 3.8) is 0 Å². The van der Waals surface area contributed by atoms with Crippen molar-refractivity contribution >= 4 is 23.4 Å². The minimum absolute atomic E-state index is 0.0205. The first kappa shape index (κ1) is 18.4. The van der Waals surface area contributed by atoms with E-state index < -0.39 is 0 Å². The van der Waals surface area contributed by atoms with Crippen molar-refractivity contribution in [1.29, 1.82) is 0 Å². The Hall–Kier alpha value is -1.98. The molecule has 0 aromatic heterocycles. The van der Waals surface area contributed by atoms with Crippen molar-refractivity contribution in [2.45, 2.75) is 18.4 Å². The molecule has 0 spiro atoms. The average Bonchev–Trinajstić information content (AvgIpc) is 2.57. The highest BCUT2D eigenvalue weighted by Crippen LogP contribution is 2.24. The van der Waals surface area contributed by atoms with Gasteiger partial charge in [-0.1, -0.05) is 30.3 Å². The summed E-state index contributed by atoms with van der Waals surface area (Å²) in [4.78, 5) is 15.3. The van der Waals surface area contributed by atoms with Gasteiger partial charge >= 0.3 is 0 Å². The third-order valence-corrected chi connectivity index (χ3v) is 4.30. The molecule has 1 N–H and O–H groups in total. The number of likely N-dealkylation sites (N-methyl/N-ethyl adjacent to an activating group) is 1. The molecule has 0 atom stereocenters. The molecule has 4 nitrogen and oxygen atoms in total. The molecule has 128 valence electrons. The van der Waals surface area contributed by atoms with E-state index >= 15 is 0 Å². The summed E-state index contributed by atoms with van der Waals surface area (Å²) in [5, 5.41) is 2.99. The van der Waals surface area contributed by atoms with Crippen LogP contribution in [-0.2, 0) is 11.3 Å². The summed E-state index contributed by atoms with van der Waals surface area (Å²) in [7, 11) is 1.93. The molecule has 0 fully saturated rings. The van der Waals surface area contributed by atoms with Gasteiger partial charge in [-0.15, -0.1) is 11.8 Å². The fourth-order valence-corrected chi connectivity index (χ4v) is 3.01. The van der Waals surface area contributed by atoms with Crippen molar-refractivity contribution in [2.75, 3.05) is 31.8 Å². The van der Waals surface area contributed by atoms with Gasteiger partial charge in [0.15, 0.2) is 0 Å². The minimum Gasteiger partial charge on any atom is -0.494 e. The molecule has 0 heterocycles. The molecule has 0 radical (unpaired) electrons. The number of carbonyl (C=O) groups is 1. The summed E-state index contributed by atoms with van der Waals surface area (Å²) in [6, 6.07) is 15.8. The number of hydrogen-bond acceptors (Lipinski definition) is 4. The largest absolute Gasteiger partial charge is 0.494 e. The monoisotopic (exact) mass is 344 g/mol. The number of nitrogens with one attached hydrogen (secondary N) is 1. The van der Waals surface area contributed by atoms with Gasteiger partial charge in [0, 0.05) is 17.0 Å². The molecule has 5 heteroatoms. The Bertz CT molecular complexity index is 676. The lowest BCUT2D eigenvalue weighted by atomic mass is 10.2. The number of benzene rings is 2. The van der Waals surface area contributed by atoms with Crippen LogP contribution >= 0.6 is 11.8 Å². The van der Waals surface area contributed by atoms with Gasteiger partial charge < -0.3 is 10.1 Å². The predicted octanol–water partition coefficient (Wildman–Crippen LogP) is 3.88. The van der Waals surface area contributed by atoms with E-state index in [0.29, 0.717) is 19.7 Å². The zero-order valence-corrected chi connectivity index (χ0v) is 15.2. The molecular weight excluding hydrogens is 320 g/mol. The lowest BCUT2D eigenvalue weighted by Crippen LogP contribution is -2.30. The van der Waals surface area contributed by atoms with Gasteiger partial charge in [-0.05, 0) is 38.4 Å². The SMILES string of the molecule is CCOc1ccccc1CN(C)CC(=O)Nc1ccccc1SC. The number of thioether (sulfide) groups is 1. The Morgan fingerprint density at radius 3 is 2.62 bits per heavy atom. The van der Waals surface area contributed by atoms with Crippen LogP contribution in [-0.4, -0.2) is 37.3 Å². The first-order chi connectivity index (χ1) is 11.6. The van der Waals surface area contributed by atoms with Gasteiger partial charge in [0.05, 0.1) is 18.8 Å². The molecule has 1 amide bonds. The van der Waals surface area contributed by atoms with E-state index in [1.807, 2.05) is 73.7 Å². The number of amides is 1. The summed E-state index contributed by atoms with van der Waals surface area (Å²) >= 11 is 1.62. The maximum atomic E-state index is 12.3. The molecular formula is C19H24N2O2S. The zero-order valence-electron chi connectivity index (χ0n) is 14.4. The summed E-state index contributed by atoms with van der Waals surface area (Å²) in [6.07, 6.45) is 2.00. The molecule has 2 rings (SSSR count). The van der Waals surface area contributed by atoms with Crippen molar-refractivity contribution in [1.82, 2.24) is 4.90 Å². The van der Waals surface area contributed by atoms with Crippen LogP contribution in [0, 0.1) is 0 Å². The smallest absolute Gasteiger partial charge is 0.238 e. The Balaban J connectivity index is 1.94. The second kappa shape index (κ2) is 9.35. The first-order valence-corrected chi connectivity index (χ1v) is 9.18. The van der Waals surface area contributed by atoms with Gasteiger partial charge in [-0.25, -0.2) is 0 Å². The van der Waals surface area contributed by atoms with Gasteiger partial charge in [0.1, 0.15) is 5.75 Å². The Kier molecular flexibility index (Phi) is 7.15. The Labute approximate surface area is 148 Å². The normalized spacial score (nSPS) is 10.7. The van der Waals surface area contributed by atoms with Gasteiger partial charge in [0.25, 0.3) is 0 Å². The number of nitrogens with zero attached hydrogens (tertiary/aromatic N) is 1. The highest BCUT2D eigenvalue weighted by Gasteiger charge is 2.11. The predicted molar refractivity (Wildman–Crippen MR) is 101 cm³/mol. The van der Waals surface area contributed by atoms with Crippen molar-refractivity contribution in [2.24, 2.45) is 0 Å². The molecule has 0 saturated carbocycles. The average molecular weight is 344 g/mol. The molecule has 2 aromatic rings. The fourth-order valence-electron chi connectivity index (χ4n) is 2.46. The Morgan fingerprint density at radius 1 is 1.17 bits per heavy atom. The van der Waals surface area contributed by atoms with Crippen LogP contribution in [0.5, 0.6) is 5.75 Å². The van der Waals surface area contributed by atoms with Crippen molar-refractivity contribution in [3.05, 3.63) is 54.1 Å². The number of hydrogen-bond donors (Lipinski definition) is 1. The van der Waals surface area contributed by atoms with Crippen molar-refractivity contribution in [3.8, 4) is 5.75 Å². The molecule has 24 heavy (non-hydrogen) atoms. The number of ether oxygens (including phenoxy) is 1. The zero-order chi connectivity index (χ0) is 17.4. The second-order valence-electron chi connectivity index (χ2n) is 5.46. The first-order valence-electron chi connectivity index (χ1n) is 7.96. The third kappa shape index (κ3) is 5.28. The van der Waals surface area contributed by atoms with Crippen LogP contribution in [0.4, 0.5) is 5.69 Å².